The molecule has 1 aromatic heterocycles. The van der Waals surface area contributed by atoms with E-state index in [1.165, 1.54) is 7.11 Å². The number of fused-ring (bicyclic) bond motifs is 1. The molecule has 2 aromatic rings. The molecule has 0 bridgehead atoms. The lowest BCUT2D eigenvalue weighted by Crippen LogP contribution is -2.33. The third-order valence-corrected chi connectivity index (χ3v) is 3.79. The zero-order chi connectivity index (χ0) is 14.0. The number of esters is 1. The van der Waals surface area contributed by atoms with Crippen LogP contribution in [0.15, 0.2) is 28.9 Å². The van der Waals surface area contributed by atoms with Gasteiger partial charge in [0.15, 0.2) is 0 Å². The van der Waals surface area contributed by atoms with Crippen LogP contribution in [-0.2, 0) is 16.0 Å². The number of methoxy groups -OCH3 is 1. The normalized spacial score (nSPS) is 12.4. The van der Waals surface area contributed by atoms with Crippen molar-refractivity contribution in [2.75, 3.05) is 7.11 Å². The first kappa shape index (κ1) is 14.2. The number of halogens is 2. The molecule has 0 saturated carbocycles. The average molecular weight is 344 g/mol. The van der Waals surface area contributed by atoms with Gasteiger partial charge in [-0.1, -0.05) is 33.6 Å². The van der Waals surface area contributed by atoms with Gasteiger partial charge in [-0.3, -0.25) is 9.78 Å². The summed E-state index contributed by atoms with van der Waals surface area (Å²) >= 11 is 9.61. The van der Waals surface area contributed by atoms with Crippen molar-refractivity contribution in [3.8, 4) is 0 Å². The molecule has 2 rings (SSSR count). The highest BCUT2D eigenvalue weighted by atomic mass is 79.9. The fraction of sp³-hybridized carbons (Fsp3) is 0.231. The molecule has 1 heterocycles. The number of ether oxygens (including phenoxy) is 1. The Morgan fingerprint density at radius 3 is 2.95 bits per heavy atom. The summed E-state index contributed by atoms with van der Waals surface area (Å²) in [7, 11) is 1.32. The Morgan fingerprint density at radius 1 is 1.53 bits per heavy atom. The first-order chi connectivity index (χ1) is 9.04. The second-order valence-electron chi connectivity index (χ2n) is 4.06. The van der Waals surface area contributed by atoms with Crippen molar-refractivity contribution in [2.24, 2.45) is 5.73 Å². The molecule has 1 unspecified atom stereocenters. The lowest BCUT2D eigenvalue weighted by molar-refractivity contribution is -0.142. The van der Waals surface area contributed by atoms with E-state index in [0.717, 1.165) is 20.9 Å². The van der Waals surface area contributed by atoms with E-state index < -0.39 is 12.0 Å². The fourth-order valence-electron chi connectivity index (χ4n) is 1.88. The van der Waals surface area contributed by atoms with E-state index in [1.54, 1.807) is 12.3 Å². The Bertz CT molecular complexity index is 625. The van der Waals surface area contributed by atoms with Gasteiger partial charge in [0.1, 0.15) is 6.04 Å². The van der Waals surface area contributed by atoms with Crippen molar-refractivity contribution >= 4 is 44.4 Å². The summed E-state index contributed by atoms with van der Waals surface area (Å²) < 4.78 is 5.48. The van der Waals surface area contributed by atoms with Gasteiger partial charge in [0.05, 0.1) is 17.6 Å². The summed E-state index contributed by atoms with van der Waals surface area (Å²) in [4.78, 5) is 15.7. The van der Waals surface area contributed by atoms with Gasteiger partial charge in [0.25, 0.3) is 0 Å². The van der Waals surface area contributed by atoms with Crippen LogP contribution in [0.1, 0.15) is 5.56 Å². The molecule has 4 nitrogen and oxygen atoms in total. The molecule has 0 fully saturated rings. The first-order valence-electron chi connectivity index (χ1n) is 5.59. The lowest BCUT2D eigenvalue weighted by atomic mass is 10.0. The number of rotatable bonds is 3. The second-order valence-corrected chi connectivity index (χ2v) is 5.32. The lowest BCUT2D eigenvalue weighted by Gasteiger charge is -2.12. The summed E-state index contributed by atoms with van der Waals surface area (Å²) in [5.74, 6) is -0.446. The molecule has 100 valence electrons. The summed E-state index contributed by atoms with van der Waals surface area (Å²) in [6.07, 6.45) is 1.98. The zero-order valence-corrected chi connectivity index (χ0v) is 12.5. The highest BCUT2D eigenvalue weighted by molar-refractivity contribution is 9.10. The topological polar surface area (TPSA) is 65.2 Å². The molecule has 0 saturated heterocycles. The Balaban J connectivity index is 2.48. The van der Waals surface area contributed by atoms with Crippen LogP contribution in [0.2, 0.25) is 5.02 Å². The van der Waals surface area contributed by atoms with Crippen molar-refractivity contribution < 1.29 is 9.53 Å². The summed E-state index contributed by atoms with van der Waals surface area (Å²) in [5.41, 5.74) is 7.38. The van der Waals surface area contributed by atoms with E-state index in [2.05, 4.69) is 25.7 Å². The molecule has 2 N–H and O–H groups in total. The molecule has 0 aliphatic rings. The number of nitrogens with two attached hydrogens (primary N) is 1. The van der Waals surface area contributed by atoms with Crippen molar-refractivity contribution in [1.29, 1.82) is 0 Å². The Labute approximate surface area is 124 Å². The van der Waals surface area contributed by atoms with Gasteiger partial charge in [-0.05, 0) is 17.7 Å². The maximum absolute atomic E-state index is 11.4. The zero-order valence-electron chi connectivity index (χ0n) is 10.2. The third kappa shape index (κ3) is 2.88. The molecule has 0 spiro atoms. The van der Waals surface area contributed by atoms with Crippen LogP contribution in [0.4, 0.5) is 0 Å². The van der Waals surface area contributed by atoms with Gasteiger partial charge in [-0.15, -0.1) is 0 Å². The van der Waals surface area contributed by atoms with E-state index in [-0.39, 0.29) is 0 Å². The monoisotopic (exact) mass is 342 g/mol. The van der Waals surface area contributed by atoms with Crippen LogP contribution in [0.25, 0.3) is 10.9 Å². The number of carbonyl (C=O) groups excluding carboxylic acids is 1. The van der Waals surface area contributed by atoms with Crippen molar-refractivity contribution in [3.05, 3.63) is 39.5 Å². The van der Waals surface area contributed by atoms with Gasteiger partial charge < -0.3 is 10.5 Å². The smallest absolute Gasteiger partial charge is 0.322 e. The summed E-state index contributed by atoms with van der Waals surface area (Å²) in [6, 6.07) is 4.75. The molecule has 0 aliphatic carbocycles. The Kier molecular flexibility index (Phi) is 4.39. The van der Waals surface area contributed by atoms with Crippen LogP contribution >= 0.6 is 27.5 Å². The third-order valence-electron chi connectivity index (χ3n) is 2.82. The molecular formula is C13H12BrClN2O2. The maximum Gasteiger partial charge on any atom is 0.322 e. The Morgan fingerprint density at radius 2 is 2.26 bits per heavy atom. The van der Waals surface area contributed by atoms with Gasteiger partial charge in [0.2, 0.25) is 0 Å². The number of carbonyl (C=O) groups is 1. The van der Waals surface area contributed by atoms with Crippen LogP contribution in [0.3, 0.4) is 0 Å². The molecule has 6 heteroatoms. The van der Waals surface area contributed by atoms with Crippen LogP contribution in [0, 0.1) is 0 Å². The number of pyridine rings is 1. The van der Waals surface area contributed by atoms with E-state index >= 15 is 0 Å². The predicted molar refractivity (Wildman–Crippen MR) is 78.1 cm³/mol. The van der Waals surface area contributed by atoms with Crippen LogP contribution in [0.5, 0.6) is 0 Å². The van der Waals surface area contributed by atoms with E-state index in [9.17, 15) is 4.79 Å². The number of hydrogen-bond donors (Lipinski definition) is 1. The Hall–Kier alpha value is -1.17. The maximum atomic E-state index is 11.4. The second kappa shape index (κ2) is 5.86. The quantitative estimate of drug-likeness (QED) is 0.870. The molecule has 0 radical (unpaired) electrons. The summed E-state index contributed by atoms with van der Waals surface area (Å²) in [5, 5.41) is 1.42. The highest BCUT2D eigenvalue weighted by Crippen LogP contribution is 2.31. The number of aromatic nitrogens is 1. The SMILES string of the molecule is COC(=O)C(N)Cc1ccc(Br)c2c(Cl)ccnc12. The minimum Gasteiger partial charge on any atom is -0.468 e. The molecule has 19 heavy (non-hydrogen) atoms. The molecule has 1 aromatic carbocycles. The van der Waals surface area contributed by atoms with Gasteiger partial charge in [-0.25, -0.2) is 0 Å². The minimum atomic E-state index is -0.713. The highest BCUT2D eigenvalue weighted by Gasteiger charge is 2.17. The van der Waals surface area contributed by atoms with Crippen molar-refractivity contribution in [1.82, 2.24) is 4.98 Å². The first-order valence-corrected chi connectivity index (χ1v) is 6.76. The molecule has 1 atom stereocenters. The standard InChI is InChI=1S/C13H12BrClN2O2/c1-19-13(18)10(16)6-7-2-3-8(14)11-9(15)4-5-17-12(7)11/h2-5,10H,6,16H2,1H3. The largest absolute Gasteiger partial charge is 0.468 e. The van der Waals surface area contributed by atoms with E-state index in [1.807, 2.05) is 12.1 Å². The van der Waals surface area contributed by atoms with Gasteiger partial charge in [0, 0.05) is 22.5 Å². The summed E-state index contributed by atoms with van der Waals surface area (Å²) in [6.45, 7) is 0. The van der Waals surface area contributed by atoms with E-state index in [0.29, 0.717) is 11.4 Å². The van der Waals surface area contributed by atoms with Crippen LogP contribution in [-0.4, -0.2) is 24.1 Å². The number of nitrogens with zero attached hydrogens (tertiary/aromatic N) is 1. The van der Waals surface area contributed by atoms with Crippen molar-refractivity contribution in [3.63, 3.8) is 0 Å². The predicted octanol–water partition coefficient (Wildman–Crippen LogP) is 2.69. The van der Waals surface area contributed by atoms with Gasteiger partial charge >= 0.3 is 5.97 Å². The van der Waals surface area contributed by atoms with E-state index in [4.69, 9.17) is 17.3 Å². The fourth-order valence-corrected chi connectivity index (χ4v) is 2.78. The molecular weight excluding hydrogens is 332 g/mol. The number of hydrogen-bond acceptors (Lipinski definition) is 4. The molecule has 0 amide bonds. The van der Waals surface area contributed by atoms with Gasteiger partial charge in [-0.2, -0.15) is 0 Å². The molecule has 0 aliphatic heterocycles. The van der Waals surface area contributed by atoms with Crippen LogP contribution < -0.4 is 5.73 Å². The number of benzene rings is 1. The minimum absolute atomic E-state index is 0.351. The average Bonchev–Trinajstić information content (AvgIpc) is 2.41. The van der Waals surface area contributed by atoms with Crippen molar-refractivity contribution in [2.45, 2.75) is 12.5 Å².